The average Bonchev–Trinajstić information content (AvgIpc) is 2.49. The number of phenols is 1. The Balaban J connectivity index is 1.87. The van der Waals surface area contributed by atoms with Gasteiger partial charge in [0.05, 0.1) is 5.56 Å². The number of phenolic OH excluding ortho intramolecular Hbond substituents is 1. The first-order chi connectivity index (χ1) is 11.2. The van der Waals surface area contributed by atoms with Crippen molar-refractivity contribution in [3.05, 3.63) is 54.1 Å². The van der Waals surface area contributed by atoms with Crippen LogP contribution in [-0.2, 0) is 6.18 Å². The molecule has 1 unspecified atom stereocenters. The number of rotatable bonds is 4. The first-order valence-electron chi connectivity index (χ1n) is 6.94. The third-order valence-corrected chi connectivity index (χ3v) is 2.95. The fraction of sp³-hybridized carbons (Fsp3) is 0.188. The molecule has 0 aliphatic rings. The maximum atomic E-state index is 12.5. The number of ether oxygens (including phenoxy) is 1. The summed E-state index contributed by atoms with van der Waals surface area (Å²) in [4.78, 5) is 11.8. The molecule has 2 aromatic rings. The number of nitrogens with one attached hydrogen (secondary N) is 2. The second-order valence-electron chi connectivity index (χ2n) is 4.93. The van der Waals surface area contributed by atoms with E-state index in [0.29, 0.717) is 5.75 Å². The topological polar surface area (TPSA) is 70.6 Å². The van der Waals surface area contributed by atoms with Gasteiger partial charge in [-0.3, -0.25) is 0 Å². The number of hydrogen-bond donors (Lipinski definition) is 3. The highest BCUT2D eigenvalue weighted by Crippen LogP contribution is 2.29. The van der Waals surface area contributed by atoms with E-state index >= 15 is 0 Å². The number of carbonyl (C=O) groups excluding carboxylic acids is 1. The molecular formula is C16H15F3N2O3. The molecule has 0 aliphatic carbocycles. The van der Waals surface area contributed by atoms with Crippen molar-refractivity contribution in [2.45, 2.75) is 19.3 Å². The molecule has 1 atom stereocenters. The summed E-state index contributed by atoms with van der Waals surface area (Å²) in [5, 5.41) is 14.1. The predicted octanol–water partition coefficient (Wildman–Crippen LogP) is 3.96. The summed E-state index contributed by atoms with van der Waals surface area (Å²) in [7, 11) is 0. The van der Waals surface area contributed by atoms with Gasteiger partial charge in [-0.05, 0) is 55.5 Å². The van der Waals surface area contributed by atoms with Gasteiger partial charge in [0.2, 0.25) is 0 Å². The van der Waals surface area contributed by atoms with Gasteiger partial charge in [-0.25, -0.2) is 4.79 Å². The van der Waals surface area contributed by atoms with Crippen LogP contribution in [0.4, 0.5) is 23.7 Å². The lowest BCUT2D eigenvalue weighted by Crippen LogP contribution is -2.39. The second kappa shape index (κ2) is 7.12. The Morgan fingerprint density at radius 2 is 1.67 bits per heavy atom. The van der Waals surface area contributed by atoms with Crippen LogP contribution in [0.1, 0.15) is 12.5 Å². The van der Waals surface area contributed by atoms with E-state index < -0.39 is 24.0 Å². The highest BCUT2D eigenvalue weighted by molar-refractivity contribution is 5.89. The number of alkyl halides is 3. The van der Waals surface area contributed by atoms with Crippen molar-refractivity contribution in [2.24, 2.45) is 0 Å². The van der Waals surface area contributed by atoms with E-state index in [-0.39, 0.29) is 11.4 Å². The second-order valence-corrected chi connectivity index (χ2v) is 4.93. The first-order valence-corrected chi connectivity index (χ1v) is 6.94. The largest absolute Gasteiger partial charge is 0.508 e. The molecule has 2 amide bonds. The number of urea groups is 1. The molecule has 8 heteroatoms. The Kier molecular flexibility index (Phi) is 5.18. The van der Waals surface area contributed by atoms with Gasteiger partial charge in [0.1, 0.15) is 11.5 Å². The molecule has 0 radical (unpaired) electrons. The lowest BCUT2D eigenvalue weighted by Gasteiger charge is -2.17. The smallest absolute Gasteiger partial charge is 0.416 e. The van der Waals surface area contributed by atoms with Gasteiger partial charge in [-0.2, -0.15) is 13.2 Å². The van der Waals surface area contributed by atoms with Crippen LogP contribution in [0.15, 0.2) is 48.5 Å². The Morgan fingerprint density at radius 1 is 1.08 bits per heavy atom. The van der Waals surface area contributed by atoms with Crippen LogP contribution < -0.4 is 15.4 Å². The van der Waals surface area contributed by atoms with Crippen molar-refractivity contribution in [1.29, 1.82) is 0 Å². The number of halogens is 3. The Labute approximate surface area is 136 Å². The molecule has 0 saturated carbocycles. The first kappa shape index (κ1) is 17.5. The molecule has 0 saturated heterocycles. The SMILES string of the molecule is CC(NC(=O)Nc1ccc(C(F)(F)F)cc1)Oc1ccc(O)cc1. The van der Waals surface area contributed by atoms with Crippen LogP contribution in [0, 0.1) is 0 Å². The number of aromatic hydroxyl groups is 1. The zero-order valence-corrected chi connectivity index (χ0v) is 12.6. The quantitative estimate of drug-likeness (QED) is 0.738. The van der Waals surface area contributed by atoms with Gasteiger partial charge in [-0.15, -0.1) is 0 Å². The van der Waals surface area contributed by atoms with Crippen LogP contribution in [0.2, 0.25) is 0 Å². The minimum Gasteiger partial charge on any atom is -0.508 e. The number of carbonyl (C=O) groups is 1. The van der Waals surface area contributed by atoms with Crippen LogP contribution in [-0.4, -0.2) is 17.4 Å². The molecule has 2 aromatic carbocycles. The van der Waals surface area contributed by atoms with Gasteiger partial charge < -0.3 is 20.5 Å². The third-order valence-electron chi connectivity index (χ3n) is 2.95. The van der Waals surface area contributed by atoms with Gasteiger partial charge in [0.25, 0.3) is 0 Å². The van der Waals surface area contributed by atoms with E-state index in [4.69, 9.17) is 9.84 Å². The molecule has 3 N–H and O–H groups in total. The number of hydrogen-bond acceptors (Lipinski definition) is 3. The summed E-state index contributed by atoms with van der Waals surface area (Å²) in [5.41, 5.74) is -0.574. The Hall–Kier alpha value is -2.90. The van der Waals surface area contributed by atoms with E-state index in [1.165, 1.54) is 24.3 Å². The van der Waals surface area contributed by atoms with Crippen molar-refractivity contribution in [3.8, 4) is 11.5 Å². The standard InChI is InChI=1S/C16H15F3N2O3/c1-10(24-14-8-6-13(22)7-9-14)20-15(23)21-12-4-2-11(3-5-12)16(17,18)19/h2-10,22H,1H3,(H2,20,21,23). The highest BCUT2D eigenvalue weighted by Gasteiger charge is 2.29. The normalized spacial score (nSPS) is 12.3. The van der Waals surface area contributed by atoms with E-state index in [1.807, 2.05) is 0 Å². The number of anilines is 1. The molecule has 128 valence electrons. The summed E-state index contributed by atoms with van der Waals surface area (Å²) in [6, 6.07) is 9.39. The summed E-state index contributed by atoms with van der Waals surface area (Å²) < 4.78 is 42.8. The van der Waals surface area contributed by atoms with Crippen molar-refractivity contribution in [1.82, 2.24) is 5.32 Å². The summed E-state index contributed by atoms with van der Waals surface area (Å²) >= 11 is 0. The number of benzene rings is 2. The van der Waals surface area contributed by atoms with Gasteiger partial charge in [0.15, 0.2) is 6.23 Å². The van der Waals surface area contributed by atoms with Crippen LogP contribution >= 0.6 is 0 Å². The van der Waals surface area contributed by atoms with Crippen molar-refractivity contribution >= 4 is 11.7 Å². The minimum atomic E-state index is -4.42. The van der Waals surface area contributed by atoms with Crippen LogP contribution in [0.25, 0.3) is 0 Å². The van der Waals surface area contributed by atoms with E-state index in [2.05, 4.69) is 10.6 Å². The maximum Gasteiger partial charge on any atom is 0.416 e. The highest BCUT2D eigenvalue weighted by atomic mass is 19.4. The van der Waals surface area contributed by atoms with Crippen molar-refractivity contribution in [2.75, 3.05) is 5.32 Å². The van der Waals surface area contributed by atoms with Crippen molar-refractivity contribution in [3.63, 3.8) is 0 Å². The molecule has 24 heavy (non-hydrogen) atoms. The molecule has 0 spiro atoms. The molecule has 0 aliphatic heterocycles. The summed E-state index contributed by atoms with van der Waals surface area (Å²) in [5.74, 6) is 0.526. The van der Waals surface area contributed by atoms with Crippen molar-refractivity contribution < 1.29 is 27.8 Å². The third kappa shape index (κ3) is 5.08. The molecule has 2 rings (SSSR count). The Morgan fingerprint density at radius 3 is 2.21 bits per heavy atom. The summed E-state index contributed by atoms with van der Waals surface area (Å²) in [6.07, 6.45) is -5.11. The zero-order chi connectivity index (χ0) is 17.7. The van der Waals surface area contributed by atoms with E-state index in [0.717, 1.165) is 24.3 Å². The molecule has 0 aromatic heterocycles. The molecule has 0 heterocycles. The Bertz CT molecular complexity index is 685. The van der Waals surface area contributed by atoms with Crippen LogP contribution in [0.3, 0.4) is 0 Å². The lowest BCUT2D eigenvalue weighted by molar-refractivity contribution is -0.137. The maximum absolute atomic E-state index is 12.5. The van der Waals surface area contributed by atoms with E-state index in [9.17, 15) is 18.0 Å². The minimum absolute atomic E-state index is 0.0861. The molecule has 0 bridgehead atoms. The average molecular weight is 340 g/mol. The monoisotopic (exact) mass is 340 g/mol. The predicted molar refractivity (Wildman–Crippen MR) is 81.8 cm³/mol. The van der Waals surface area contributed by atoms with E-state index in [1.54, 1.807) is 6.92 Å². The fourth-order valence-electron chi connectivity index (χ4n) is 1.85. The van der Waals surface area contributed by atoms with Gasteiger partial charge >= 0.3 is 12.2 Å². The molecule has 0 fully saturated rings. The lowest BCUT2D eigenvalue weighted by atomic mass is 10.2. The number of amides is 2. The fourth-order valence-corrected chi connectivity index (χ4v) is 1.85. The van der Waals surface area contributed by atoms with Gasteiger partial charge in [-0.1, -0.05) is 0 Å². The summed E-state index contributed by atoms with van der Waals surface area (Å²) in [6.45, 7) is 1.58. The molecular weight excluding hydrogens is 325 g/mol. The van der Waals surface area contributed by atoms with Crippen LogP contribution in [0.5, 0.6) is 11.5 Å². The van der Waals surface area contributed by atoms with Gasteiger partial charge in [0, 0.05) is 5.69 Å². The zero-order valence-electron chi connectivity index (χ0n) is 12.6. The molecule has 5 nitrogen and oxygen atoms in total.